The van der Waals surface area contributed by atoms with Crippen LogP contribution in [0.3, 0.4) is 0 Å². The molecule has 0 spiro atoms. The summed E-state index contributed by atoms with van der Waals surface area (Å²) in [5, 5.41) is 19.2. The maximum atomic E-state index is 14.0. The highest BCUT2D eigenvalue weighted by atomic mass is 35.5. The number of halogens is 2. The number of methoxy groups -OCH3 is 1. The van der Waals surface area contributed by atoms with Gasteiger partial charge in [-0.2, -0.15) is 5.10 Å². The lowest BCUT2D eigenvalue weighted by atomic mass is 10.0. The lowest BCUT2D eigenvalue weighted by molar-refractivity contribution is 0.0951. The van der Waals surface area contributed by atoms with Gasteiger partial charge in [-0.15, -0.1) is 0 Å². The molecule has 6 nitrogen and oxygen atoms in total. The second-order valence-corrected chi connectivity index (χ2v) is 6.56. The number of aromatic amines is 1. The number of aliphatic hydroxyl groups excluding tert-OH is 1. The minimum Gasteiger partial charge on any atom is -0.392 e. The molecule has 3 N–H and O–H groups in total. The van der Waals surface area contributed by atoms with Crippen molar-refractivity contribution in [2.45, 2.75) is 19.8 Å². The third-order valence-corrected chi connectivity index (χ3v) is 4.57. The Morgan fingerprint density at radius 2 is 2.11 bits per heavy atom. The normalized spacial score (nSPS) is 10.9. The van der Waals surface area contributed by atoms with Crippen molar-refractivity contribution in [1.82, 2.24) is 15.5 Å². The number of aromatic nitrogens is 2. The van der Waals surface area contributed by atoms with E-state index >= 15 is 0 Å². The van der Waals surface area contributed by atoms with Crippen molar-refractivity contribution in [1.29, 1.82) is 0 Å². The van der Waals surface area contributed by atoms with E-state index in [0.29, 0.717) is 27.9 Å². The van der Waals surface area contributed by atoms with E-state index in [1.54, 1.807) is 36.5 Å². The topological polar surface area (TPSA) is 87.2 Å². The number of ether oxygens (including phenoxy) is 1. The van der Waals surface area contributed by atoms with Crippen molar-refractivity contribution >= 4 is 17.5 Å². The van der Waals surface area contributed by atoms with Gasteiger partial charge in [0.05, 0.1) is 29.5 Å². The molecule has 0 unspecified atom stereocenters. The van der Waals surface area contributed by atoms with E-state index in [-0.39, 0.29) is 36.2 Å². The van der Waals surface area contributed by atoms with Crippen LogP contribution in [0.1, 0.15) is 27.0 Å². The first-order valence-electron chi connectivity index (χ1n) is 8.51. The number of amides is 1. The summed E-state index contributed by atoms with van der Waals surface area (Å²) in [5.74, 6) is -0.780. The molecule has 0 fully saturated rings. The standard InChI is InChI=1S/C20H19ClFN3O3/c1-28-11-14-3-2-12(6-18(14)22)8-23-20(27)16-7-13(4-5-17(16)21)19-15(10-26)9-24-25-19/h2-7,9,26H,8,10-11H2,1H3,(H,23,27)(H,24,25). The maximum Gasteiger partial charge on any atom is 0.253 e. The number of hydrogen-bond donors (Lipinski definition) is 3. The second kappa shape index (κ2) is 8.97. The molecule has 0 aliphatic carbocycles. The maximum absolute atomic E-state index is 14.0. The number of aliphatic hydroxyl groups is 1. The third kappa shape index (κ3) is 4.39. The van der Waals surface area contributed by atoms with Crippen LogP contribution in [-0.4, -0.2) is 28.3 Å². The van der Waals surface area contributed by atoms with Gasteiger partial charge in [-0.05, 0) is 23.8 Å². The molecular weight excluding hydrogens is 385 g/mol. The number of benzene rings is 2. The molecule has 2 aromatic carbocycles. The molecule has 0 bridgehead atoms. The average Bonchev–Trinajstić information content (AvgIpc) is 3.17. The Balaban J connectivity index is 1.76. The van der Waals surface area contributed by atoms with E-state index < -0.39 is 5.91 Å². The molecule has 0 aliphatic rings. The van der Waals surface area contributed by atoms with E-state index in [1.807, 2.05) is 0 Å². The van der Waals surface area contributed by atoms with Crippen LogP contribution in [0.25, 0.3) is 11.3 Å². The SMILES string of the molecule is COCc1ccc(CNC(=O)c2cc(-c3n[nH]cc3CO)ccc2Cl)cc1F. The van der Waals surface area contributed by atoms with Crippen LogP contribution >= 0.6 is 11.6 Å². The molecule has 0 saturated carbocycles. The van der Waals surface area contributed by atoms with Crippen LogP contribution in [0.4, 0.5) is 4.39 Å². The summed E-state index contributed by atoms with van der Waals surface area (Å²) >= 11 is 6.18. The van der Waals surface area contributed by atoms with Crippen molar-refractivity contribution in [2.75, 3.05) is 7.11 Å². The first-order valence-corrected chi connectivity index (χ1v) is 8.89. The van der Waals surface area contributed by atoms with Crippen molar-refractivity contribution in [2.24, 2.45) is 0 Å². The fraction of sp³-hybridized carbons (Fsp3) is 0.200. The smallest absolute Gasteiger partial charge is 0.253 e. The zero-order valence-corrected chi connectivity index (χ0v) is 15.9. The fourth-order valence-corrected chi connectivity index (χ4v) is 2.99. The molecule has 1 amide bonds. The Hall–Kier alpha value is -2.74. The summed E-state index contributed by atoms with van der Waals surface area (Å²) in [6.07, 6.45) is 1.59. The van der Waals surface area contributed by atoms with Gasteiger partial charge in [0.1, 0.15) is 5.82 Å². The Morgan fingerprint density at radius 1 is 1.29 bits per heavy atom. The molecule has 1 heterocycles. The molecule has 0 atom stereocenters. The molecule has 0 saturated heterocycles. The molecule has 8 heteroatoms. The largest absolute Gasteiger partial charge is 0.392 e. The van der Waals surface area contributed by atoms with Gasteiger partial charge < -0.3 is 15.2 Å². The number of hydrogen-bond acceptors (Lipinski definition) is 4. The Kier molecular flexibility index (Phi) is 6.41. The van der Waals surface area contributed by atoms with E-state index in [0.717, 1.165) is 0 Å². The summed E-state index contributed by atoms with van der Waals surface area (Å²) in [4.78, 5) is 12.6. The van der Waals surface area contributed by atoms with Gasteiger partial charge in [-0.3, -0.25) is 9.89 Å². The first kappa shape index (κ1) is 20.0. The highest BCUT2D eigenvalue weighted by Gasteiger charge is 2.15. The van der Waals surface area contributed by atoms with Gasteiger partial charge in [0.2, 0.25) is 0 Å². The first-order chi connectivity index (χ1) is 13.5. The van der Waals surface area contributed by atoms with Crippen LogP contribution in [0.2, 0.25) is 5.02 Å². The Labute approximate surface area is 166 Å². The van der Waals surface area contributed by atoms with E-state index in [1.165, 1.54) is 13.2 Å². The summed E-state index contributed by atoms with van der Waals surface area (Å²) in [7, 11) is 1.50. The number of nitrogens with zero attached hydrogens (tertiary/aromatic N) is 1. The lowest BCUT2D eigenvalue weighted by Gasteiger charge is -2.10. The summed E-state index contributed by atoms with van der Waals surface area (Å²) in [6.45, 7) is 0.151. The highest BCUT2D eigenvalue weighted by molar-refractivity contribution is 6.34. The highest BCUT2D eigenvalue weighted by Crippen LogP contribution is 2.26. The summed E-state index contributed by atoms with van der Waals surface area (Å²) in [6, 6.07) is 9.65. The van der Waals surface area contributed by atoms with E-state index in [4.69, 9.17) is 16.3 Å². The van der Waals surface area contributed by atoms with Crippen LogP contribution in [0.15, 0.2) is 42.6 Å². The van der Waals surface area contributed by atoms with Crippen molar-refractivity contribution in [3.05, 3.63) is 75.7 Å². The van der Waals surface area contributed by atoms with E-state index in [9.17, 15) is 14.3 Å². The number of nitrogens with one attached hydrogen (secondary N) is 2. The molecule has 3 rings (SSSR count). The van der Waals surface area contributed by atoms with Gasteiger partial charge in [-0.1, -0.05) is 29.8 Å². The van der Waals surface area contributed by atoms with Gasteiger partial charge >= 0.3 is 0 Å². The molecule has 0 radical (unpaired) electrons. The number of H-pyrrole nitrogens is 1. The lowest BCUT2D eigenvalue weighted by Crippen LogP contribution is -2.23. The van der Waals surface area contributed by atoms with Crippen LogP contribution < -0.4 is 5.32 Å². The predicted octanol–water partition coefficient (Wildman–Crippen LogP) is 3.44. The Bertz CT molecular complexity index is 991. The van der Waals surface area contributed by atoms with Crippen molar-refractivity contribution in [3.8, 4) is 11.3 Å². The number of rotatable bonds is 7. The van der Waals surface area contributed by atoms with Crippen molar-refractivity contribution in [3.63, 3.8) is 0 Å². The van der Waals surface area contributed by atoms with E-state index in [2.05, 4.69) is 15.5 Å². The zero-order chi connectivity index (χ0) is 20.1. The minimum atomic E-state index is -0.394. The zero-order valence-electron chi connectivity index (χ0n) is 15.1. The number of carbonyl (C=O) groups excluding carboxylic acids is 1. The molecule has 3 aromatic rings. The Morgan fingerprint density at radius 3 is 2.82 bits per heavy atom. The molecule has 28 heavy (non-hydrogen) atoms. The van der Waals surface area contributed by atoms with Crippen LogP contribution in [0, 0.1) is 5.82 Å². The molecular formula is C20H19ClFN3O3. The van der Waals surface area contributed by atoms with Gasteiger partial charge in [0, 0.05) is 36.5 Å². The van der Waals surface area contributed by atoms with Gasteiger partial charge in [0.15, 0.2) is 0 Å². The van der Waals surface area contributed by atoms with Gasteiger partial charge in [-0.25, -0.2) is 4.39 Å². The molecule has 0 aliphatic heterocycles. The second-order valence-electron chi connectivity index (χ2n) is 6.15. The molecule has 1 aromatic heterocycles. The minimum absolute atomic E-state index is 0.147. The summed E-state index contributed by atoms with van der Waals surface area (Å²) < 4.78 is 18.9. The summed E-state index contributed by atoms with van der Waals surface area (Å²) in [5.41, 5.74) is 3.14. The van der Waals surface area contributed by atoms with Crippen LogP contribution in [0.5, 0.6) is 0 Å². The third-order valence-electron chi connectivity index (χ3n) is 4.24. The quantitative estimate of drug-likeness (QED) is 0.564. The van der Waals surface area contributed by atoms with Crippen LogP contribution in [-0.2, 0) is 24.5 Å². The van der Waals surface area contributed by atoms with Crippen molar-refractivity contribution < 1.29 is 19.0 Å². The average molecular weight is 404 g/mol. The predicted molar refractivity (Wildman–Crippen MR) is 103 cm³/mol. The molecule has 146 valence electrons. The van der Waals surface area contributed by atoms with Gasteiger partial charge in [0.25, 0.3) is 5.91 Å². The number of carbonyl (C=O) groups is 1. The fourth-order valence-electron chi connectivity index (χ4n) is 2.78. The monoisotopic (exact) mass is 403 g/mol.